The fourth-order valence-corrected chi connectivity index (χ4v) is 3.84. The van der Waals surface area contributed by atoms with Crippen LogP contribution in [0.1, 0.15) is 62.5 Å². The smallest absolute Gasteiger partial charge is 0.308 e. The van der Waals surface area contributed by atoms with E-state index in [1.54, 1.807) is 12.1 Å². The molecule has 0 aliphatic rings. The van der Waals surface area contributed by atoms with Gasteiger partial charge in [-0.15, -0.1) is 0 Å². The second-order valence-corrected chi connectivity index (χ2v) is 9.23. The number of carbonyl (C=O) groups is 2. The van der Waals surface area contributed by atoms with Crippen LogP contribution in [0.25, 0.3) is 6.08 Å². The Morgan fingerprint density at radius 3 is 2.44 bits per heavy atom. The van der Waals surface area contributed by atoms with E-state index in [-0.39, 0.29) is 36.5 Å². The van der Waals surface area contributed by atoms with Gasteiger partial charge in [0.05, 0.1) is 12.5 Å². The maximum Gasteiger partial charge on any atom is 0.308 e. The number of nitrogens with zero attached hydrogens (tertiary/aromatic N) is 1. The number of hydrogen-bond acceptors (Lipinski definition) is 4. The standard InChI is InChI=1S/C29H38F2N2O3/c1-33(2)21-25(20-28(35)36-22-23-14-9-8-10-15-23)32-27(34)19-12-7-5-3-4-6-11-16-24-17-13-18-26(30)29(24)31/h8-11,13-18,25H,3-7,12,19-22H2,1-2H3,(H,32,34)/b16-11+/t25-/m1/s1. The van der Waals surface area contributed by atoms with Crippen molar-refractivity contribution in [3.05, 3.63) is 77.4 Å². The van der Waals surface area contributed by atoms with Crippen LogP contribution in [0.5, 0.6) is 0 Å². The number of benzene rings is 2. The molecule has 196 valence electrons. The Labute approximate surface area is 213 Å². The molecule has 0 aliphatic carbocycles. The van der Waals surface area contributed by atoms with E-state index in [1.807, 2.05) is 55.4 Å². The Morgan fingerprint density at radius 1 is 0.972 bits per heavy atom. The molecule has 0 heterocycles. The minimum absolute atomic E-state index is 0.0576. The number of hydrogen-bond donors (Lipinski definition) is 1. The van der Waals surface area contributed by atoms with Crippen LogP contribution in [0.15, 0.2) is 54.6 Å². The second kappa shape index (κ2) is 16.6. The van der Waals surface area contributed by atoms with Gasteiger partial charge >= 0.3 is 5.97 Å². The third-order valence-corrected chi connectivity index (χ3v) is 5.66. The van der Waals surface area contributed by atoms with Crippen molar-refractivity contribution >= 4 is 18.0 Å². The summed E-state index contributed by atoms with van der Waals surface area (Å²) in [6, 6.07) is 13.4. The average molecular weight is 501 g/mol. The summed E-state index contributed by atoms with van der Waals surface area (Å²) in [5.41, 5.74) is 1.19. The molecule has 0 aliphatic heterocycles. The molecule has 2 rings (SSSR count). The summed E-state index contributed by atoms with van der Waals surface area (Å²) in [5, 5.41) is 2.97. The summed E-state index contributed by atoms with van der Waals surface area (Å²) in [5.74, 6) is -2.04. The molecule has 0 spiro atoms. The minimum Gasteiger partial charge on any atom is -0.461 e. The molecular formula is C29H38F2N2O3. The SMILES string of the molecule is CN(C)C[C@@H](CC(=O)OCc1ccccc1)NC(=O)CCCCCCC/C=C/c1cccc(F)c1F. The highest BCUT2D eigenvalue weighted by molar-refractivity contribution is 5.77. The van der Waals surface area contributed by atoms with Gasteiger partial charge in [0.1, 0.15) is 6.61 Å². The van der Waals surface area contributed by atoms with Crippen LogP contribution in [0.2, 0.25) is 0 Å². The van der Waals surface area contributed by atoms with Crippen LogP contribution < -0.4 is 5.32 Å². The zero-order chi connectivity index (χ0) is 26.2. The van der Waals surface area contributed by atoms with Gasteiger partial charge in [-0.1, -0.05) is 73.9 Å². The first-order valence-corrected chi connectivity index (χ1v) is 12.6. The first kappa shape index (κ1) is 29.2. The van der Waals surface area contributed by atoms with Gasteiger partial charge in [-0.2, -0.15) is 0 Å². The van der Waals surface area contributed by atoms with Crippen molar-refractivity contribution in [1.29, 1.82) is 0 Å². The molecule has 5 nitrogen and oxygen atoms in total. The van der Waals surface area contributed by atoms with Crippen LogP contribution in [0.4, 0.5) is 8.78 Å². The number of amides is 1. The summed E-state index contributed by atoms with van der Waals surface area (Å²) in [6.45, 7) is 0.777. The highest BCUT2D eigenvalue weighted by Gasteiger charge is 2.18. The molecule has 7 heteroatoms. The normalized spacial score (nSPS) is 12.1. The van der Waals surface area contributed by atoms with Crippen molar-refractivity contribution in [3.8, 4) is 0 Å². The first-order valence-electron chi connectivity index (χ1n) is 12.6. The number of ether oxygens (including phenoxy) is 1. The molecule has 1 atom stereocenters. The van der Waals surface area contributed by atoms with Crippen molar-refractivity contribution in [2.24, 2.45) is 0 Å². The molecule has 0 fully saturated rings. The number of nitrogens with one attached hydrogen (secondary N) is 1. The Hall–Kier alpha value is -3.06. The van der Waals surface area contributed by atoms with Crippen LogP contribution >= 0.6 is 0 Å². The summed E-state index contributed by atoms with van der Waals surface area (Å²) in [6.07, 6.45) is 9.50. The van der Waals surface area contributed by atoms with Crippen molar-refractivity contribution in [2.75, 3.05) is 20.6 Å². The van der Waals surface area contributed by atoms with Crippen molar-refractivity contribution in [2.45, 2.75) is 64.0 Å². The molecule has 0 aromatic heterocycles. The van der Waals surface area contributed by atoms with E-state index in [1.165, 1.54) is 6.07 Å². The van der Waals surface area contributed by atoms with E-state index < -0.39 is 11.6 Å². The number of esters is 1. The predicted molar refractivity (Wildman–Crippen MR) is 139 cm³/mol. The third-order valence-electron chi connectivity index (χ3n) is 5.66. The third kappa shape index (κ3) is 12.1. The number of likely N-dealkylation sites (N-methyl/N-ethyl adjacent to an activating group) is 1. The van der Waals surface area contributed by atoms with Crippen molar-refractivity contribution < 1.29 is 23.1 Å². The quantitative estimate of drug-likeness (QED) is 0.231. The van der Waals surface area contributed by atoms with E-state index in [4.69, 9.17) is 4.74 Å². The van der Waals surface area contributed by atoms with E-state index >= 15 is 0 Å². The van der Waals surface area contributed by atoms with Gasteiger partial charge in [0.2, 0.25) is 5.91 Å². The largest absolute Gasteiger partial charge is 0.461 e. The lowest BCUT2D eigenvalue weighted by atomic mass is 10.1. The summed E-state index contributed by atoms with van der Waals surface area (Å²) in [7, 11) is 3.80. The average Bonchev–Trinajstić information content (AvgIpc) is 2.84. The molecule has 0 radical (unpaired) electrons. The molecule has 2 aromatic carbocycles. The Bertz CT molecular complexity index is 964. The Morgan fingerprint density at radius 2 is 1.69 bits per heavy atom. The molecule has 0 saturated heterocycles. The summed E-state index contributed by atoms with van der Waals surface area (Å²) in [4.78, 5) is 26.6. The molecule has 0 unspecified atom stereocenters. The maximum atomic E-state index is 13.6. The summed E-state index contributed by atoms with van der Waals surface area (Å²) < 4.78 is 32.2. The van der Waals surface area contributed by atoms with Crippen LogP contribution in [-0.2, 0) is 20.9 Å². The van der Waals surface area contributed by atoms with Crippen LogP contribution in [-0.4, -0.2) is 43.5 Å². The number of allylic oxidation sites excluding steroid dienone is 1. The zero-order valence-corrected chi connectivity index (χ0v) is 21.3. The highest BCUT2D eigenvalue weighted by Crippen LogP contribution is 2.14. The molecule has 36 heavy (non-hydrogen) atoms. The van der Waals surface area contributed by atoms with Crippen molar-refractivity contribution in [3.63, 3.8) is 0 Å². The van der Waals surface area contributed by atoms with Gasteiger partial charge in [-0.05, 0) is 45.0 Å². The molecule has 0 saturated carbocycles. The van der Waals surface area contributed by atoms with Gasteiger partial charge in [0, 0.05) is 18.5 Å². The summed E-state index contributed by atoms with van der Waals surface area (Å²) >= 11 is 0. The molecule has 1 N–H and O–H groups in total. The lowest BCUT2D eigenvalue weighted by Crippen LogP contribution is -2.43. The van der Waals surface area contributed by atoms with Gasteiger partial charge in [0.15, 0.2) is 11.6 Å². The van der Waals surface area contributed by atoms with Crippen LogP contribution in [0, 0.1) is 11.6 Å². The molecular weight excluding hydrogens is 462 g/mol. The lowest BCUT2D eigenvalue weighted by molar-refractivity contribution is -0.145. The van der Waals surface area contributed by atoms with Crippen molar-refractivity contribution in [1.82, 2.24) is 10.2 Å². The van der Waals surface area contributed by atoms with E-state index in [0.717, 1.165) is 50.2 Å². The monoisotopic (exact) mass is 500 g/mol. The minimum atomic E-state index is -0.836. The maximum absolute atomic E-state index is 13.6. The lowest BCUT2D eigenvalue weighted by Gasteiger charge is -2.22. The molecule has 1 amide bonds. The number of unbranched alkanes of at least 4 members (excludes halogenated alkanes) is 5. The molecule has 0 bridgehead atoms. The number of carbonyl (C=O) groups excluding carboxylic acids is 2. The van der Waals surface area contributed by atoms with Gasteiger partial charge in [-0.3, -0.25) is 9.59 Å². The number of rotatable bonds is 16. The van der Waals surface area contributed by atoms with Gasteiger partial charge in [-0.25, -0.2) is 8.78 Å². The zero-order valence-electron chi connectivity index (χ0n) is 21.3. The van der Waals surface area contributed by atoms with Gasteiger partial charge in [0.25, 0.3) is 0 Å². The Kier molecular flexibility index (Phi) is 13.4. The Balaban J connectivity index is 1.59. The van der Waals surface area contributed by atoms with E-state index in [2.05, 4.69) is 5.32 Å². The second-order valence-electron chi connectivity index (χ2n) is 9.23. The first-order chi connectivity index (χ1) is 17.3. The fourth-order valence-electron chi connectivity index (χ4n) is 3.84. The van der Waals surface area contributed by atoms with E-state index in [9.17, 15) is 18.4 Å². The predicted octanol–water partition coefficient (Wildman–Crippen LogP) is 5.89. The highest BCUT2D eigenvalue weighted by atomic mass is 19.2. The van der Waals surface area contributed by atoms with Crippen LogP contribution in [0.3, 0.4) is 0 Å². The van der Waals surface area contributed by atoms with Gasteiger partial charge < -0.3 is 15.0 Å². The fraction of sp³-hybridized carbons (Fsp3) is 0.448. The number of halogens is 2. The topological polar surface area (TPSA) is 58.6 Å². The molecule has 2 aromatic rings. The van der Waals surface area contributed by atoms with E-state index in [0.29, 0.717) is 13.0 Å².